The summed E-state index contributed by atoms with van der Waals surface area (Å²) < 4.78 is 33.3. The summed E-state index contributed by atoms with van der Waals surface area (Å²) in [5.41, 5.74) is 6.33. The normalized spacial score (nSPS) is 18.5. The second-order valence-electron chi connectivity index (χ2n) is 12.1. The third kappa shape index (κ3) is 7.60. The summed E-state index contributed by atoms with van der Waals surface area (Å²) in [5, 5.41) is 8.90. The van der Waals surface area contributed by atoms with Crippen molar-refractivity contribution in [1.29, 1.82) is 0 Å². The number of amides is 4. The molecule has 0 aliphatic heterocycles. The summed E-state index contributed by atoms with van der Waals surface area (Å²) >= 11 is 6.33. The molecule has 6 N–H and O–H groups in total. The van der Waals surface area contributed by atoms with Crippen LogP contribution in [0.5, 0.6) is 0 Å². The largest absolute Gasteiger partial charge is 0.445 e. The second-order valence-corrected chi connectivity index (χ2v) is 12.5. The maximum Gasteiger partial charge on any atom is 0.408 e. The first-order valence-corrected chi connectivity index (χ1v) is 15.7. The first kappa shape index (κ1) is 34.7. The zero-order valence-electron chi connectivity index (χ0n) is 26.3. The Morgan fingerprint density at radius 2 is 1.72 bits per heavy atom. The van der Waals surface area contributed by atoms with Crippen LogP contribution in [0.4, 0.5) is 13.6 Å². The van der Waals surface area contributed by atoms with E-state index in [1.165, 1.54) is 30.3 Å². The van der Waals surface area contributed by atoms with Gasteiger partial charge in [-0.25, -0.2) is 13.6 Å². The molecule has 248 valence electrons. The minimum absolute atomic E-state index is 0.0527. The topological polar surface area (TPSA) is 155 Å². The first-order chi connectivity index (χ1) is 21.8. The van der Waals surface area contributed by atoms with Gasteiger partial charge < -0.3 is 31.4 Å². The molecule has 1 aliphatic rings. The van der Waals surface area contributed by atoms with Gasteiger partial charge in [-0.05, 0) is 60.1 Å². The Kier molecular flexibility index (Phi) is 10.9. The number of carbonyl (C=O) groups is 4. The molecule has 0 saturated heterocycles. The number of hydrogen-bond acceptors (Lipinski definition) is 5. The van der Waals surface area contributed by atoms with E-state index in [-0.39, 0.29) is 42.7 Å². The fourth-order valence-electron chi connectivity index (χ4n) is 5.80. The second kappa shape index (κ2) is 14.5. The molecular formula is C33H40ClF2N5O5. The van der Waals surface area contributed by atoms with Gasteiger partial charge in [-0.3, -0.25) is 14.4 Å². The van der Waals surface area contributed by atoms with Gasteiger partial charge in [0.25, 0.3) is 0 Å². The van der Waals surface area contributed by atoms with E-state index in [1.807, 2.05) is 13.8 Å². The Morgan fingerprint density at radius 3 is 2.37 bits per heavy atom. The molecule has 4 amide bonds. The van der Waals surface area contributed by atoms with Crippen LogP contribution in [0.15, 0.2) is 36.4 Å². The fraction of sp³-hybridized carbons (Fsp3) is 0.455. The van der Waals surface area contributed by atoms with Gasteiger partial charge in [0, 0.05) is 17.5 Å². The van der Waals surface area contributed by atoms with Gasteiger partial charge >= 0.3 is 6.09 Å². The number of H-pyrrole nitrogens is 1. The van der Waals surface area contributed by atoms with Crippen molar-refractivity contribution in [3.8, 4) is 0 Å². The number of aryl methyl sites for hydroxylation is 1. The Balaban J connectivity index is 1.66. The van der Waals surface area contributed by atoms with Crippen LogP contribution in [0.2, 0.25) is 5.02 Å². The number of aromatic nitrogens is 1. The maximum atomic E-state index is 14.5. The molecule has 0 spiro atoms. The molecule has 46 heavy (non-hydrogen) atoms. The molecule has 10 nitrogen and oxygen atoms in total. The number of aromatic amines is 1. The highest BCUT2D eigenvalue weighted by atomic mass is 35.5. The third-order valence-electron chi connectivity index (χ3n) is 8.93. The number of halogens is 3. The maximum absolute atomic E-state index is 14.5. The van der Waals surface area contributed by atoms with E-state index >= 15 is 0 Å². The summed E-state index contributed by atoms with van der Waals surface area (Å²) in [6.07, 6.45) is 0.494. The molecule has 0 radical (unpaired) electrons. The molecule has 13 heteroatoms. The average molecular weight is 660 g/mol. The Hall–Kier alpha value is -4.19. The van der Waals surface area contributed by atoms with Crippen molar-refractivity contribution in [1.82, 2.24) is 20.9 Å². The molecule has 2 unspecified atom stereocenters. The van der Waals surface area contributed by atoms with Crippen molar-refractivity contribution in [3.05, 3.63) is 69.9 Å². The summed E-state index contributed by atoms with van der Waals surface area (Å²) in [4.78, 5) is 56.6. The molecule has 3 aromatic rings. The van der Waals surface area contributed by atoms with Gasteiger partial charge in [0.1, 0.15) is 35.9 Å². The highest BCUT2D eigenvalue weighted by Gasteiger charge is 2.46. The molecule has 0 bridgehead atoms. The van der Waals surface area contributed by atoms with Gasteiger partial charge in [0.05, 0.1) is 10.5 Å². The molecular weight excluding hydrogens is 620 g/mol. The van der Waals surface area contributed by atoms with Crippen molar-refractivity contribution in [3.63, 3.8) is 0 Å². The number of rotatable bonds is 12. The van der Waals surface area contributed by atoms with Crippen molar-refractivity contribution in [2.75, 3.05) is 0 Å². The standard InChI is InChI=1S/C33H40ClF2N5O5/c1-5-17(3)26(29(37)42)39-31(44)33(11-10-25-23(15-33)22-13-21(36)14-24(34)28(22)38-25)41-30(43)27(18(4)6-2)40-32(45)46-16-19-8-7-9-20(35)12-19/h7-9,12-14,17-18,26-27,38H,5-6,10-11,15-16H2,1-4H3,(H2,37,42)(H,39,44)(H,40,45)(H,41,43)/t17?,18?,26-,27-,33+/m0/s1. The molecule has 4 rings (SSSR count). The minimum Gasteiger partial charge on any atom is -0.445 e. The summed E-state index contributed by atoms with van der Waals surface area (Å²) in [6, 6.07) is 5.95. The predicted molar refractivity (Wildman–Crippen MR) is 170 cm³/mol. The van der Waals surface area contributed by atoms with E-state index < -0.39 is 53.1 Å². The van der Waals surface area contributed by atoms with E-state index in [9.17, 15) is 28.0 Å². The number of ether oxygens (including phenoxy) is 1. The smallest absolute Gasteiger partial charge is 0.408 e. The Labute approximate surface area is 271 Å². The summed E-state index contributed by atoms with van der Waals surface area (Å²) in [6.45, 7) is 7.02. The van der Waals surface area contributed by atoms with Crippen LogP contribution < -0.4 is 21.7 Å². The molecule has 2 aromatic carbocycles. The average Bonchev–Trinajstić information content (AvgIpc) is 3.38. The fourth-order valence-corrected chi connectivity index (χ4v) is 6.05. The Morgan fingerprint density at radius 1 is 1.02 bits per heavy atom. The lowest BCUT2D eigenvalue weighted by molar-refractivity contribution is -0.137. The van der Waals surface area contributed by atoms with Gasteiger partial charge in [0.15, 0.2) is 0 Å². The minimum atomic E-state index is -1.60. The molecule has 1 aliphatic carbocycles. The number of primary amides is 1. The van der Waals surface area contributed by atoms with Crippen LogP contribution in [0.3, 0.4) is 0 Å². The van der Waals surface area contributed by atoms with Crippen LogP contribution in [0.25, 0.3) is 10.9 Å². The lowest BCUT2D eigenvalue weighted by atomic mass is 9.78. The lowest BCUT2D eigenvalue weighted by Gasteiger charge is -2.39. The zero-order valence-corrected chi connectivity index (χ0v) is 27.0. The number of nitrogens with one attached hydrogen (secondary N) is 4. The highest BCUT2D eigenvalue weighted by Crippen LogP contribution is 2.37. The molecule has 1 heterocycles. The summed E-state index contributed by atoms with van der Waals surface area (Å²) in [7, 11) is 0. The number of carbonyl (C=O) groups excluding carboxylic acids is 4. The highest BCUT2D eigenvalue weighted by molar-refractivity contribution is 6.35. The van der Waals surface area contributed by atoms with Crippen LogP contribution in [-0.2, 0) is 38.6 Å². The SMILES string of the molecule is CCC(C)[C@H](NC(=O)[C@@]1(NC(=O)[C@@H](NC(=O)OCc2cccc(F)c2)C(C)CC)CCc2[nH]c3c(Cl)cc(F)cc3c2C1)C(N)=O. The molecule has 0 saturated carbocycles. The van der Waals surface area contributed by atoms with E-state index in [2.05, 4.69) is 20.9 Å². The number of fused-ring (bicyclic) bond motifs is 3. The van der Waals surface area contributed by atoms with Gasteiger partial charge in [0.2, 0.25) is 17.7 Å². The van der Waals surface area contributed by atoms with Crippen molar-refractivity contribution in [2.45, 2.75) is 84.0 Å². The van der Waals surface area contributed by atoms with Gasteiger partial charge in [-0.15, -0.1) is 0 Å². The van der Waals surface area contributed by atoms with Crippen molar-refractivity contribution in [2.24, 2.45) is 17.6 Å². The van der Waals surface area contributed by atoms with Crippen molar-refractivity contribution >= 4 is 46.3 Å². The van der Waals surface area contributed by atoms with Gasteiger partial charge in [-0.2, -0.15) is 0 Å². The Bertz CT molecular complexity index is 1630. The van der Waals surface area contributed by atoms with E-state index in [4.69, 9.17) is 22.1 Å². The first-order valence-electron chi connectivity index (χ1n) is 15.4. The van der Waals surface area contributed by atoms with E-state index in [0.717, 1.165) is 5.69 Å². The van der Waals surface area contributed by atoms with Gasteiger partial charge in [-0.1, -0.05) is 64.3 Å². The zero-order chi connectivity index (χ0) is 33.8. The number of hydrogen-bond donors (Lipinski definition) is 5. The molecule has 0 fully saturated rings. The third-order valence-corrected chi connectivity index (χ3v) is 9.23. The van der Waals surface area contributed by atoms with Crippen LogP contribution in [-0.4, -0.2) is 46.4 Å². The molecule has 5 atom stereocenters. The van der Waals surface area contributed by atoms with Crippen LogP contribution >= 0.6 is 11.6 Å². The van der Waals surface area contributed by atoms with Crippen LogP contribution in [0, 0.1) is 23.5 Å². The number of alkyl carbamates (subject to hydrolysis) is 1. The lowest BCUT2D eigenvalue weighted by Crippen LogP contribution is -2.67. The van der Waals surface area contributed by atoms with Crippen molar-refractivity contribution < 1.29 is 32.7 Å². The summed E-state index contributed by atoms with van der Waals surface area (Å²) in [5.74, 6) is -3.74. The van der Waals surface area contributed by atoms with E-state index in [0.29, 0.717) is 34.9 Å². The number of benzene rings is 2. The van der Waals surface area contributed by atoms with Crippen LogP contribution in [0.1, 0.15) is 63.8 Å². The monoisotopic (exact) mass is 659 g/mol. The number of nitrogens with two attached hydrogens (primary N) is 1. The van der Waals surface area contributed by atoms with E-state index in [1.54, 1.807) is 19.9 Å². The predicted octanol–water partition coefficient (Wildman–Crippen LogP) is 4.80. The quantitative estimate of drug-likeness (QED) is 0.189. The molecule has 1 aromatic heterocycles.